The fourth-order valence-corrected chi connectivity index (χ4v) is 2.96. The summed E-state index contributed by atoms with van der Waals surface area (Å²) in [4.78, 5) is 2.79. The molecular formula is C17H18N2OS. The average Bonchev–Trinajstić information content (AvgIpc) is 2.90. The van der Waals surface area contributed by atoms with Crippen LogP contribution in [0, 0.1) is 0 Å². The van der Waals surface area contributed by atoms with Crippen molar-refractivity contribution in [3.05, 3.63) is 59.2 Å². The van der Waals surface area contributed by atoms with Gasteiger partial charge in [0, 0.05) is 29.9 Å². The van der Waals surface area contributed by atoms with Crippen LogP contribution in [0.15, 0.2) is 42.5 Å². The van der Waals surface area contributed by atoms with Crippen molar-refractivity contribution in [3.63, 3.8) is 0 Å². The summed E-state index contributed by atoms with van der Waals surface area (Å²) in [5, 5.41) is 0. The highest BCUT2D eigenvalue weighted by molar-refractivity contribution is 7.80. The second-order valence-electron chi connectivity index (χ2n) is 5.19. The molecule has 1 aliphatic rings. The molecule has 2 aromatic carbocycles. The number of thiocarbonyl (C=S) groups is 1. The second kappa shape index (κ2) is 5.74. The van der Waals surface area contributed by atoms with Crippen molar-refractivity contribution in [1.82, 2.24) is 0 Å². The monoisotopic (exact) mass is 298 g/mol. The highest BCUT2D eigenvalue weighted by Crippen LogP contribution is 2.31. The molecule has 0 unspecified atom stereocenters. The molecule has 0 radical (unpaired) electrons. The molecule has 2 aromatic rings. The Balaban J connectivity index is 1.91. The van der Waals surface area contributed by atoms with E-state index in [0.29, 0.717) is 4.99 Å². The molecular weight excluding hydrogens is 280 g/mol. The van der Waals surface area contributed by atoms with Gasteiger partial charge in [0.15, 0.2) is 0 Å². The molecule has 1 heterocycles. The van der Waals surface area contributed by atoms with Gasteiger partial charge in [-0.3, -0.25) is 0 Å². The molecule has 0 fully saturated rings. The summed E-state index contributed by atoms with van der Waals surface area (Å²) in [5.74, 6) is 0.874. The standard InChI is InChI=1S/C17H18N2OS/c1-20-16-7-6-13(17(18)21)10-14(16)11-19-9-8-12-4-2-3-5-15(12)19/h2-7,10H,8-9,11H2,1H3,(H2,18,21). The Bertz CT molecular complexity index is 684. The molecule has 0 saturated carbocycles. The number of rotatable bonds is 4. The van der Waals surface area contributed by atoms with Crippen molar-refractivity contribution in [3.8, 4) is 5.75 Å². The SMILES string of the molecule is COc1ccc(C(N)=S)cc1CN1CCc2ccccc21. The fraction of sp³-hybridized carbons (Fsp3) is 0.235. The van der Waals surface area contributed by atoms with Crippen LogP contribution in [0.5, 0.6) is 5.75 Å². The minimum atomic E-state index is 0.417. The lowest BCUT2D eigenvalue weighted by Crippen LogP contribution is -2.20. The lowest BCUT2D eigenvalue weighted by molar-refractivity contribution is 0.409. The Hall–Kier alpha value is -2.07. The van der Waals surface area contributed by atoms with Gasteiger partial charge in [-0.25, -0.2) is 0 Å². The van der Waals surface area contributed by atoms with Gasteiger partial charge in [-0.2, -0.15) is 0 Å². The van der Waals surface area contributed by atoms with E-state index in [4.69, 9.17) is 22.7 Å². The average molecular weight is 298 g/mol. The molecule has 0 aliphatic carbocycles. The zero-order valence-electron chi connectivity index (χ0n) is 12.0. The van der Waals surface area contributed by atoms with Crippen molar-refractivity contribution in [2.45, 2.75) is 13.0 Å². The first-order chi connectivity index (χ1) is 10.2. The largest absolute Gasteiger partial charge is 0.496 e. The van der Waals surface area contributed by atoms with E-state index in [2.05, 4.69) is 29.2 Å². The molecule has 3 nitrogen and oxygen atoms in total. The van der Waals surface area contributed by atoms with Crippen LogP contribution in [0.4, 0.5) is 5.69 Å². The Morgan fingerprint density at radius 3 is 2.86 bits per heavy atom. The second-order valence-corrected chi connectivity index (χ2v) is 5.63. The molecule has 0 amide bonds. The smallest absolute Gasteiger partial charge is 0.123 e. The van der Waals surface area contributed by atoms with E-state index < -0.39 is 0 Å². The number of nitrogens with zero attached hydrogens (tertiary/aromatic N) is 1. The van der Waals surface area contributed by atoms with Crippen molar-refractivity contribution < 1.29 is 4.74 Å². The number of para-hydroxylation sites is 1. The van der Waals surface area contributed by atoms with Crippen LogP contribution in [0.2, 0.25) is 0 Å². The van der Waals surface area contributed by atoms with E-state index in [0.717, 1.165) is 36.4 Å². The number of fused-ring (bicyclic) bond motifs is 1. The molecule has 1 aliphatic heterocycles. The maximum Gasteiger partial charge on any atom is 0.123 e. The van der Waals surface area contributed by atoms with E-state index >= 15 is 0 Å². The molecule has 0 atom stereocenters. The number of methoxy groups -OCH3 is 1. The predicted octanol–water partition coefficient (Wildman–Crippen LogP) is 2.89. The highest BCUT2D eigenvalue weighted by atomic mass is 32.1. The minimum Gasteiger partial charge on any atom is -0.496 e. The van der Waals surface area contributed by atoms with E-state index in [1.54, 1.807) is 7.11 Å². The number of hydrogen-bond acceptors (Lipinski definition) is 3. The summed E-state index contributed by atoms with van der Waals surface area (Å²) in [7, 11) is 1.69. The molecule has 3 rings (SSSR count). The summed E-state index contributed by atoms with van der Waals surface area (Å²) >= 11 is 5.07. The topological polar surface area (TPSA) is 38.5 Å². The van der Waals surface area contributed by atoms with Crippen molar-refractivity contribution >= 4 is 22.9 Å². The highest BCUT2D eigenvalue weighted by Gasteiger charge is 2.19. The van der Waals surface area contributed by atoms with Crippen LogP contribution in [0.25, 0.3) is 0 Å². The Kier molecular flexibility index (Phi) is 3.80. The van der Waals surface area contributed by atoms with Crippen LogP contribution < -0.4 is 15.4 Å². The quantitative estimate of drug-likeness (QED) is 0.881. The maximum atomic E-state index is 5.74. The third kappa shape index (κ3) is 2.72. The molecule has 2 N–H and O–H groups in total. The van der Waals surface area contributed by atoms with Gasteiger partial charge >= 0.3 is 0 Å². The summed E-state index contributed by atoms with van der Waals surface area (Å²) in [6, 6.07) is 14.4. The van der Waals surface area contributed by atoms with E-state index in [1.807, 2.05) is 18.2 Å². The Morgan fingerprint density at radius 2 is 2.10 bits per heavy atom. The normalized spacial score (nSPS) is 13.1. The van der Waals surface area contributed by atoms with Crippen LogP contribution >= 0.6 is 12.2 Å². The number of benzene rings is 2. The number of anilines is 1. The fourth-order valence-electron chi connectivity index (χ4n) is 2.83. The molecule has 21 heavy (non-hydrogen) atoms. The molecule has 108 valence electrons. The first-order valence-corrected chi connectivity index (χ1v) is 7.39. The minimum absolute atomic E-state index is 0.417. The van der Waals surface area contributed by atoms with Crippen molar-refractivity contribution in [1.29, 1.82) is 0 Å². The van der Waals surface area contributed by atoms with E-state index in [-0.39, 0.29) is 0 Å². The zero-order valence-corrected chi connectivity index (χ0v) is 12.8. The van der Waals surface area contributed by atoms with Gasteiger partial charge in [-0.15, -0.1) is 0 Å². The van der Waals surface area contributed by atoms with Gasteiger partial charge in [0.25, 0.3) is 0 Å². The summed E-state index contributed by atoms with van der Waals surface area (Å²) in [6.45, 7) is 1.83. The maximum absolute atomic E-state index is 5.74. The summed E-state index contributed by atoms with van der Waals surface area (Å²) < 4.78 is 5.47. The number of ether oxygens (including phenoxy) is 1. The Morgan fingerprint density at radius 1 is 1.29 bits per heavy atom. The van der Waals surface area contributed by atoms with Crippen molar-refractivity contribution in [2.24, 2.45) is 5.73 Å². The molecule has 0 bridgehead atoms. The predicted molar refractivity (Wildman–Crippen MR) is 90.1 cm³/mol. The van der Waals surface area contributed by atoms with Gasteiger partial charge in [-0.1, -0.05) is 30.4 Å². The third-order valence-corrected chi connectivity index (χ3v) is 4.15. The first-order valence-electron chi connectivity index (χ1n) is 6.98. The van der Waals surface area contributed by atoms with Gasteiger partial charge < -0.3 is 15.4 Å². The van der Waals surface area contributed by atoms with Crippen LogP contribution in [-0.2, 0) is 13.0 Å². The van der Waals surface area contributed by atoms with E-state index in [1.165, 1.54) is 11.3 Å². The van der Waals surface area contributed by atoms with E-state index in [9.17, 15) is 0 Å². The molecule has 4 heteroatoms. The Labute approximate surface area is 130 Å². The number of nitrogens with two attached hydrogens (primary N) is 1. The van der Waals surface area contributed by atoms with Crippen LogP contribution in [0.3, 0.4) is 0 Å². The van der Waals surface area contributed by atoms with Gasteiger partial charge in [-0.05, 0) is 36.2 Å². The molecule has 0 saturated heterocycles. The first kappa shape index (κ1) is 13.9. The zero-order chi connectivity index (χ0) is 14.8. The molecule has 0 aromatic heterocycles. The van der Waals surface area contributed by atoms with Crippen LogP contribution in [-0.4, -0.2) is 18.6 Å². The van der Waals surface area contributed by atoms with Crippen LogP contribution in [0.1, 0.15) is 16.7 Å². The summed E-state index contributed by atoms with van der Waals surface area (Å²) in [6.07, 6.45) is 1.09. The van der Waals surface area contributed by atoms with Gasteiger partial charge in [0.05, 0.1) is 7.11 Å². The number of hydrogen-bond donors (Lipinski definition) is 1. The van der Waals surface area contributed by atoms with Gasteiger partial charge in [0.1, 0.15) is 10.7 Å². The third-order valence-electron chi connectivity index (χ3n) is 3.91. The van der Waals surface area contributed by atoms with Gasteiger partial charge in [0.2, 0.25) is 0 Å². The lowest BCUT2D eigenvalue weighted by Gasteiger charge is -2.21. The summed E-state index contributed by atoms with van der Waals surface area (Å²) in [5.41, 5.74) is 10.4. The van der Waals surface area contributed by atoms with Crippen molar-refractivity contribution in [2.75, 3.05) is 18.6 Å². The molecule has 0 spiro atoms. The lowest BCUT2D eigenvalue weighted by atomic mass is 10.1.